The molecule has 68 heavy (non-hydrogen) atoms. The molecule has 0 saturated carbocycles. The molecule has 0 bridgehead atoms. The third-order valence-electron chi connectivity index (χ3n) is 11.2. The number of amides is 1. The number of nitrogens with zero attached hydrogens (tertiary/aromatic N) is 1. The Labute approximate surface area is 418 Å². The van der Waals surface area contributed by atoms with Crippen LogP contribution < -0.4 is 10.2 Å². The predicted molar refractivity (Wildman–Crippen MR) is 288 cm³/mol. The molecule has 0 aliphatic carbocycles. The number of hydrogen-bond donors (Lipinski definition) is 1. The number of quaternary nitrogens is 1. The number of carbonyl (C=O) groups is 2. The Hall–Kier alpha value is -3.07. The lowest BCUT2D eigenvalue weighted by Gasteiger charge is -2.30. The van der Waals surface area contributed by atoms with Gasteiger partial charge in [0.05, 0.1) is 33.8 Å². The molecule has 0 aliphatic heterocycles. The highest BCUT2D eigenvalue weighted by molar-refractivity contribution is 7.45. The highest BCUT2D eigenvalue weighted by Crippen LogP contribution is 2.38. The zero-order valence-electron chi connectivity index (χ0n) is 44.3. The van der Waals surface area contributed by atoms with E-state index in [0.29, 0.717) is 23.9 Å². The molecule has 10 heteroatoms. The summed E-state index contributed by atoms with van der Waals surface area (Å²) >= 11 is 0. The quantitative estimate of drug-likeness (QED) is 0.0212. The third-order valence-corrected chi connectivity index (χ3v) is 12.2. The van der Waals surface area contributed by atoms with Crippen molar-refractivity contribution in [3.8, 4) is 0 Å². The Morgan fingerprint density at radius 2 is 0.956 bits per heavy atom. The van der Waals surface area contributed by atoms with E-state index in [1.165, 1.54) is 70.6 Å². The second-order valence-corrected chi connectivity index (χ2v) is 20.4. The van der Waals surface area contributed by atoms with E-state index in [2.05, 4.69) is 111 Å². The number of phosphoric acid groups is 1. The van der Waals surface area contributed by atoms with Crippen LogP contribution in [0, 0.1) is 0 Å². The highest BCUT2D eigenvalue weighted by atomic mass is 31.2. The van der Waals surface area contributed by atoms with Gasteiger partial charge < -0.3 is 28.5 Å². The van der Waals surface area contributed by atoms with Gasteiger partial charge in [-0.15, -0.1) is 0 Å². The summed E-state index contributed by atoms with van der Waals surface area (Å²) in [6.07, 6.45) is 62.4. The molecule has 0 rings (SSSR count). The van der Waals surface area contributed by atoms with Gasteiger partial charge in [-0.2, -0.15) is 0 Å². The number of rotatable bonds is 47. The largest absolute Gasteiger partial charge is 0.756 e. The van der Waals surface area contributed by atoms with Crippen LogP contribution in [0.2, 0.25) is 0 Å². The minimum atomic E-state index is -4.71. The fourth-order valence-electron chi connectivity index (χ4n) is 7.06. The molecule has 0 heterocycles. The second kappa shape index (κ2) is 47.6. The monoisotopic (exact) mass is 969 g/mol. The van der Waals surface area contributed by atoms with Crippen LogP contribution in [-0.4, -0.2) is 69.4 Å². The van der Waals surface area contributed by atoms with Crippen molar-refractivity contribution in [1.82, 2.24) is 5.32 Å². The summed E-state index contributed by atoms with van der Waals surface area (Å²) in [6.45, 7) is 6.61. The van der Waals surface area contributed by atoms with Gasteiger partial charge in [0.2, 0.25) is 5.91 Å². The van der Waals surface area contributed by atoms with Crippen molar-refractivity contribution < 1.29 is 37.3 Å². The summed E-state index contributed by atoms with van der Waals surface area (Å²) in [4.78, 5) is 39.7. The Morgan fingerprint density at radius 1 is 0.529 bits per heavy atom. The lowest BCUT2D eigenvalue weighted by atomic mass is 10.1. The SMILES string of the molecule is CC/C=C/C/C=C/C/C=C/CCCCCCC(=O)NC(COP(=O)([O-])OCC[N+](C)(C)C)C(/C=C/CCCCCCCCCCC)OC(=O)CCC/C=C\C/C=C\C/C=C\C/C=C\CCCCC. The van der Waals surface area contributed by atoms with Gasteiger partial charge in [-0.05, 0) is 102 Å². The molecule has 0 saturated heterocycles. The van der Waals surface area contributed by atoms with Gasteiger partial charge >= 0.3 is 5.97 Å². The van der Waals surface area contributed by atoms with Crippen molar-refractivity contribution in [3.63, 3.8) is 0 Å². The molecule has 0 radical (unpaired) electrons. The molecule has 0 fully saturated rings. The first kappa shape index (κ1) is 64.9. The van der Waals surface area contributed by atoms with Gasteiger partial charge in [-0.3, -0.25) is 14.2 Å². The van der Waals surface area contributed by atoms with Crippen LogP contribution in [0.15, 0.2) is 97.2 Å². The van der Waals surface area contributed by atoms with Gasteiger partial charge in [0.1, 0.15) is 19.3 Å². The van der Waals surface area contributed by atoms with Crippen molar-refractivity contribution in [3.05, 3.63) is 97.2 Å². The van der Waals surface area contributed by atoms with E-state index < -0.39 is 32.5 Å². The molecule has 0 aliphatic rings. The standard InChI is InChI=1S/C58H101N2O7P/c1-7-10-13-16-19-22-25-27-29-30-31-33-36-39-42-45-48-51-58(62)67-56(49-46-43-40-37-34-24-21-18-15-12-9-3)55(54-66-68(63,64)65-53-52-60(4,5)6)59-57(61)50-47-44-41-38-35-32-28-26-23-20-17-14-11-8-2/h11,14,19-20,22-23,27-29,31-33,39,42,46,49,55-56H,7-10,12-13,15-18,21,24-26,30,34-38,40-41,43-45,47-48,50-54H2,1-6H3,(H-,59,61,63,64)/b14-11+,22-19-,23-20+,29-27-,32-28+,33-31-,42-39-,49-46+. The average molecular weight is 969 g/mol. The first-order valence-corrected chi connectivity index (χ1v) is 28.5. The number of ether oxygens (including phenoxy) is 1. The molecular weight excluding hydrogens is 868 g/mol. The Kier molecular flexibility index (Phi) is 45.5. The van der Waals surface area contributed by atoms with Crippen molar-refractivity contribution in [2.45, 2.75) is 219 Å². The number of nitrogens with one attached hydrogen (secondary N) is 1. The first-order valence-electron chi connectivity index (χ1n) is 27.0. The zero-order valence-corrected chi connectivity index (χ0v) is 45.2. The number of phosphoric ester groups is 1. The average Bonchev–Trinajstić information content (AvgIpc) is 3.29. The maximum atomic E-state index is 13.4. The summed E-state index contributed by atoms with van der Waals surface area (Å²) < 4.78 is 30.1. The maximum Gasteiger partial charge on any atom is 0.306 e. The van der Waals surface area contributed by atoms with Gasteiger partial charge in [0.15, 0.2) is 0 Å². The lowest BCUT2D eigenvalue weighted by molar-refractivity contribution is -0.870. The molecule has 9 nitrogen and oxygen atoms in total. The van der Waals surface area contributed by atoms with E-state index in [9.17, 15) is 19.0 Å². The normalized spacial score (nSPS) is 14.6. The van der Waals surface area contributed by atoms with E-state index in [1.807, 2.05) is 27.2 Å². The third kappa shape index (κ3) is 48.0. The fourth-order valence-corrected chi connectivity index (χ4v) is 7.78. The van der Waals surface area contributed by atoms with E-state index in [0.717, 1.165) is 89.9 Å². The summed E-state index contributed by atoms with van der Waals surface area (Å²) in [5.74, 6) is -0.642. The molecule has 0 aromatic carbocycles. The summed E-state index contributed by atoms with van der Waals surface area (Å²) in [6, 6.07) is -0.925. The van der Waals surface area contributed by atoms with Gasteiger partial charge in [-0.25, -0.2) is 0 Å². The minimum absolute atomic E-state index is 0.0401. The predicted octanol–water partition coefficient (Wildman–Crippen LogP) is 15.4. The Morgan fingerprint density at radius 3 is 1.47 bits per heavy atom. The van der Waals surface area contributed by atoms with Crippen LogP contribution in [0.4, 0.5) is 0 Å². The van der Waals surface area contributed by atoms with E-state index >= 15 is 0 Å². The molecule has 0 aromatic heterocycles. The molecule has 0 spiro atoms. The molecule has 0 aromatic rings. The van der Waals surface area contributed by atoms with Gasteiger partial charge in [0, 0.05) is 12.8 Å². The molecule has 1 N–H and O–H groups in total. The van der Waals surface area contributed by atoms with Crippen molar-refractivity contribution in [1.29, 1.82) is 0 Å². The lowest BCUT2D eigenvalue weighted by Crippen LogP contribution is -2.47. The number of likely N-dealkylation sites (N-methyl/N-ethyl adjacent to an activating group) is 1. The highest BCUT2D eigenvalue weighted by Gasteiger charge is 2.27. The molecule has 3 unspecified atom stereocenters. The smallest absolute Gasteiger partial charge is 0.306 e. The van der Waals surface area contributed by atoms with Crippen molar-refractivity contribution in [2.75, 3.05) is 40.9 Å². The Bertz CT molecular complexity index is 1490. The first-order chi connectivity index (χ1) is 32.9. The van der Waals surface area contributed by atoms with Crippen molar-refractivity contribution in [2.24, 2.45) is 0 Å². The Balaban J connectivity index is 5.51. The molecule has 3 atom stereocenters. The maximum absolute atomic E-state index is 13.4. The molecule has 1 amide bonds. The topological polar surface area (TPSA) is 114 Å². The summed E-state index contributed by atoms with van der Waals surface area (Å²) in [7, 11) is 1.12. The number of allylic oxidation sites excluding steroid dienone is 15. The summed E-state index contributed by atoms with van der Waals surface area (Å²) in [5, 5.41) is 2.98. The fraction of sp³-hybridized carbons (Fsp3) is 0.690. The van der Waals surface area contributed by atoms with Gasteiger partial charge in [-0.1, -0.05) is 189 Å². The van der Waals surface area contributed by atoms with Crippen LogP contribution in [0.1, 0.15) is 207 Å². The number of carbonyl (C=O) groups excluding carboxylic acids is 2. The van der Waals surface area contributed by atoms with Crippen LogP contribution in [0.5, 0.6) is 0 Å². The van der Waals surface area contributed by atoms with Gasteiger partial charge in [0.25, 0.3) is 7.82 Å². The van der Waals surface area contributed by atoms with Crippen molar-refractivity contribution >= 4 is 19.7 Å². The van der Waals surface area contributed by atoms with Crippen LogP contribution >= 0.6 is 7.82 Å². The number of unbranched alkanes of at least 4 members (excludes halogenated alkanes) is 17. The number of esters is 1. The van der Waals surface area contributed by atoms with Crippen LogP contribution in [0.3, 0.4) is 0 Å². The van der Waals surface area contributed by atoms with Crippen LogP contribution in [0.25, 0.3) is 0 Å². The minimum Gasteiger partial charge on any atom is -0.756 e. The molecular formula is C58H101N2O7P. The summed E-state index contributed by atoms with van der Waals surface area (Å²) in [5.41, 5.74) is 0. The van der Waals surface area contributed by atoms with E-state index in [1.54, 1.807) is 6.08 Å². The zero-order chi connectivity index (χ0) is 50.1. The van der Waals surface area contributed by atoms with E-state index in [-0.39, 0.29) is 25.4 Å². The number of hydrogen-bond acceptors (Lipinski definition) is 7. The van der Waals surface area contributed by atoms with Crippen LogP contribution in [-0.2, 0) is 27.9 Å². The van der Waals surface area contributed by atoms with E-state index in [4.69, 9.17) is 13.8 Å². The second-order valence-electron chi connectivity index (χ2n) is 19.0. The molecule has 390 valence electrons.